The third-order valence-electron chi connectivity index (χ3n) is 6.76. The van der Waals surface area contributed by atoms with Gasteiger partial charge in [0.05, 0.1) is 17.1 Å². The molecule has 0 unspecified atom stereocenters. The molecule has 4 rings (SSSR count). The number of benzene rings is 3. The second-order valence-corrected chi connectivity index (χ2v) is 11.3. The zero-order valence-corrected chi connectivity index (χ0v) is 23.8. The van der Waals surface area contributed by atoms with Crippen molar-refractivity contribution in [3.8, 4) is 11.5 Å². The fraction of sp³-hybridized carbons (Fsp3) is 0.333. The van der Waals surface area contributed by atoms with Crippen molar-refractivity contribution in [3.05, 3.63) is 83.9 Å². The molecule has 0 spiro atoms. The highest BCUT2D eigenvalue weighted by molar-refractivity contribution is 7.89. The fourth-order valence-corrected chi connectivity index (χ4v) is 6.11. The van der Waals surface area contributed by atoms with Crippen LogP contribution in [0.3, 0.4) is 0 Å². The lowest BCUT2D eigenvalue weighted by molar-refractivity contribution is -0.128. The molecule has 0 aromatic heterocycles. The second-order valence-electron chi connectivity index (χ2n) is 9.41. The predicted molar refractivity (Wildman–Crippen MR) is 153 cm³/mol. The molecule has 2 amide bonds. The number of hydrogen-bond donors (Lipinski definition) is 1. The Kier molecular flexibility index (Phi) is 9.44. The number of anilines is 1. The molecule has 9 nitrogen and oxygen atoms in total. The Labute approximate surface area is 235 Å². The monoisotopic (exact) mass is 565 g/mol. The number of hydrogen-bond acceptors (Lipinski definition) is 6. The minimum absolute atomic E-state index is 0.0381. The van der Waals surface area contributed by atoms with Gasteiger partial charge in [0, 0.05) is 19.6 Å². The van der Waals surface area contributed by atoms with E-state index in [0.717, 1.165) is 5.56 Å². The average Bonchev–Trinajstić information content (AvgIpc) is 2.96. The van der Waals surface area contributed by atoms with E-state index in [0.29, 0.717) is 48.8 Å². The number of carbonyl (C=O) groups excluding carboxylic acids is 2. The lowest BCUT2D eigenvalue weighted by Gasteiger charge is -2.34. The number of nitrogens with zero attached hydrogens (tertiary/aromatic N) is 2. The smallest absolute Gasteiger partial charge is 0.265 e. The highest BCUT2D eigenvalue weighted by atomic mass is 32.2. The Morgan fingerprint density at radius 3 is 2.42 bits per heavy atom. The molecular weight excluding hydrogens is 530 g/mol. The number of amides is 2. The van der Waals surface area contributed by atoms with Crippen LogP contribution in [0.4, 0.5) is 5.69 Å². The molecule has 1 aliphatic rings. The molecule has 0 bridgehead atoms. The van der Waals surface area contributed by atoms with Crippen molar-refractivity contribution >= 4 is 27.5 Å². The second kappa shape index (κ2) is 13.0. The summed E-state index contributed by atoms with van der Waals surface area (Å²) in [7, 11) is -3.61. The first-order valence-corrected chi connectivity index (χ1v) is 14.8. The number of rotatable bonds is 11. The summed E-state index contributed by atoms with van der Waals surface area (Å²) in [6.07, 6.45) is -0.193. The Morgan fingerprint density at radius 2 is 1.73 bits per heavy atom. The van der Waals surface area contributed by atoms with Gasteiger partial charge in [-0.15, -0.1) is 0 Å². The molecule has 1 atom stereocenters. The number of sulfonamides is 1. The van der Waals surface area contributed by atoms with Crippen molar-refractivity contribution < 1.29 is 27.5 Å². The normalized spacial score (nSPS) is 14.8. The number of ether oxygens (including phenoxy) is 2. The van der Waals surface area contributed by atoms with E-state index in [1.165, 1.54) is 15.3 Å². The number of fused-ring (bicyclic) bond motifs is 1. The summed E-state index contributed by atoms with van der Waals surface area (Å²) in [5.41, 5.74) is 2.27. The standard InChI is InChI=1S/C30H35N3O6S/c1-4-32(5-2)40(36,37)24-15-16-26(22(3)19-24)38-21-29(34)33-20-28(39-27-14-10-9-13-25(27)33)30(35)31-18-17-23-11-7-6-8-12-23/h6-16,19,28H,4-5,17-18,20-21H2,1-3H3,(H,31,35)/t28-/m0/s1. The molecule has 0 saturated heterocycles. The molecule has 10 heteroatoms. The molecule has 0 saturated carbocycles. The average molecular weight is 566 g/mol. The summed E-state index contributed by atoms with van der Waals surface area (Å²) in [6, 6.07) is 21.5. The maximum Gasteiger partial charge on any atom is 0.265 e. The summed E-state index contributed by atoms with van der Waals surface area (Å²) >= 11 is 0. The van der Waals surface area contributed by atoms with E-state index in [2.05, 4.69) is 5.32 Å². The predicted octanol–water partition coefficient (Wildman–Crippen LogP) is 3.56. The Bertz CT molecular complexity index is 1440. The van der Waals surface area contributed by atoms with Crippen LogP contribution in [0.5, 0.6) is 11.5 Å². The van der Waals surface area contributed by atoms with E-state index >= 15 is 0 Å². The topological polar surface area (TPSA) is 105 Å². The molecule has 0 radical (unpaired) electrons. The maximum atomic E-state index is 13.3. The highest BCUT2D eigenvalue weighted by Gasteiger charge is 2.34. The van der Waals surface area contributed by atoms with Crippen LogP contribution in [-0.2, 0) is 26.0 Å². The van der Waals surface area contributed by atoms with Crippen LogP contribution in [0.25, 0.3) is 0 Å². The van der Waals surface area contributed by atoms with Gasteiger partial charge in [0.25, 0.3) is 11.8 Å². The number of aryl methyl sites for hydroxylation is 1. The van der Waals surface area contributed by atoms with Crippen molar-refractivity contribution in [1.82, 2.24) is 9.62 Å². The third kappa shape index (κ3) is 6.63. The van der Waals surface area contributed by atoms with Crippen LogP contribution in [0.15, 0.2) is 77.7 Å². The van der Waals surface area contributed by atoms with Crippen LogP contribution >= 0.6 is 0 Å². The lowest BCUT2D eigenvalue weighted by atomic mass is 10.1. The molecule has 40 heavy (non-hydrogen) atoms. The summed E-state index contributed by atoms with van der Waals surface area (Å²) in [5.74, 6) is 0.193. The Balaban J connectivity index is 1.42. The Morgan fingerprint density at radius 1 is 1.02 bits per heavy atom. The van der Waals surface area contributed by atoms with Crippen LogP contribution in [0, 0.1) is 6.92 Å². The largest absolute Gasteiger partial charge is 0.483 e. The van der Waals surface area contributed by atoms with Gasteiger partial charge < -0.3 is 19.7 Å². The molecule has 3 aromatic rings. The van der Waals surface area contributed by atoms with E-state index in [1.54, 1.807) is 57.2 Å². The molecule has 3 aromatic carbocycles. The van der Waals surface area contributed by atoms with Gasteiger partial charge in [-0.3, -0.25) is 9.59 Å². The van der Waals surface area contributed by atoms with Crippen molar-refractivity contribution in [2.24, 2.45) is 0 Å². The van der Waals surface area contributed by atoms with Gasteiger partial charge in [0.1, 0.15) is 11.5 Å². The van der Waals surface area contributed by atoms with Crippen LogP contribution in [0.2, 0.25) is 0 Å². The lowest BCUT2D eigenvalue weighted by Crippen LogP contribution is -2.52. The summed E-state index contributed by atoms with van der Waals surface area (Å²) in [4.78, 5) is 27.9. The molecular formula is C30H35N3O6S. The zero-order valence-electron chi connectivity index (χ0n) is 23.0. The first-order valence-electron chi connectivity index (χ1n) is 13.4. The number of para-hydroxylation sites is 2. The van der Waals surface area contributed by atoms with Gasteiger partial charge in [-0.1, -0.05) is 56.3 Å². The molecule has 1 aliphatic heterocycles. The van der Waals surface area contributed by atoms with Crippen molar-refractivity contribution in [1.29, 1.82) is 0 Å². The summed E-state index contributed by atoms with van der Waals surface area (Å²) in [5, 5.41) is 2.90. The number of nitrogens with one attached hydrogen (secondary N) is 1. The minimum Gasteiger partial charge on any atom is -0.483 e. The van der Waals surface area contributed by atoms with Crippen LogP contribution in [0.1, 0.15) is 25.0 Å². The van der Waals surface area contributed by atoms with Gasteiger partial charge >= 0.3 is 0 Å². The third-order valence-corrected chi connectivity index (χ3v) is 8.81. The van der Waals surface area contributed by atoms with Crippen molar-refractivity contribution in [2.75, 3.05) is 37.7 Å². The van der Waals surface area contributed by atoms with E-state index in [-0.39, 0.29) is 29.9 Å². The molecule has 1 N–H and O–H groups in total. The fourth-order valence-electron chi connectivity index (χ4n) is 4.57. The first-order chi connectivity index (χ1) is 19.2. The highest BCUT2D eigenvalue weighted by Crippen LogP contribution is 2.33. The van der Waals surface area contributed by atoms with Gasteiger partial charge in [-0.2, -0.15) is 4.31 Å². The van der Waals surface area contributed by atoms with E-state index in [9.17, 15) is 18.0 Å². The number of carbonyl (C=O) groups is 2. The van der Waals surface area contributed by atoms with Gasteiger partial charge in [-0.05, 0) is 54.8 Å². The van der Waals surface area contributed by atoms with Gasteiger partial charge in [-0.25, -0.2) is 8.42 Å². The SMILES string of the molecule is CCN(CC)S(=O)(=O)c1ccc(OCC(=O)N2C[C@@H](C(=O)NCCc3ccccc3)Oc3ccccc32)c(C)c1. The zero-order chi connectivity index (χ0) is 28.7. The van der Waals surface area contributed by atoms with Crippen LogP contribution in [-0.4, -0.2) is 63.4 Å². The minimum atomic E-state index is -3.61. The molecule has 0 fully saturated rings. The Hall–Kier alpha value is -3.89. The quantitative estimate of drug-likeness (QED) is 0.381. The van der Waals surface area contributed by atoms with E-state index in [1.807, 2.05) is 30.3 Å². The van der Waals surface area contributed by atoms with Crippen molar-refractivity contribution in [2.45, 2.75) is 38.2 Å². The van der Waals surface area contributed by atoms with Crippen molar-refractivity contribution in [3.63, 3.8) is 0 Å². The van der Waals surface area contributed by atoms with Crippen LogP contribution < -0.4 is 19.7 Å². The summed E-state index contributed by atoms with van der Waals surface area (Å²) < 4.78 is 38.8. The van der Waals surface area contributed by atoms with Gasteiger partial charge in [0.15, 0.2) is 12.7 Å². The molecule has 0 aliphatic carbocycles. The first kappa shape index (κ1) is 29.1. The molecule has 212 valence electrons. The van der Waals surface area contributed by atoms with Gasteiger partial charge in [0.2, 0.25) is 10.0 Å². The van der Waals surface area contributed by atoms with E-state index < -0.39 is 16.1 Å². The van der Waals surface area contributed by atoms with E-state index in [4.69, 9.17) is 9.47 Å². The maximum absolute atomic E-state index is 13.3. The molecule has 1 heterocycles. The summed E-state index contributed by atoms with van der Waals surface area (Å²) in [6.45, 7) is 6.26.